The lowest BCUT2D eigenvalue weighted by molar-refractivity contribution is -0.201. The predicted molar refractivity (Wildman–Crippen MR) is 193 cm³/mol. The average Bonchev–Trinajstić information content (AvgIpc) is 3.81. The van der Waals surface area contributed by atoms with Gasteiger partial charge in [-0.3, -0.25) is 9.80 Å². The molecule has 2 N–H and O–H groups in total. The molecule has 5 atom stereocenters. The molecule has 52 heavy (non-hydrogen) atoms. The van der Waals surface area contributed by atoms with Gasteiger partial charge in [0.25, 0.3) is 0 Å². The van der Waals surface area contributed by atoms with Gasteiger partial charge in [0.2, 0.25) is 5.28 Å². The number of aliphatic hydroxyl groups is 1. The molecule has 1 aromatic carbocycles. The van der Waals surface area contributed by atoms with E-state index in [9.17, 15) is 5.11 Å². The molecule has 0 unspecified atom stereocenters. The summed E-state index contributed by atoms with van der Waals surface area (Å²) in [5.41, 5.74) is 1.63. The zero-order valence-corrected chi connectivity index (χ0v) is 30.7. The van der Waals surface area contributed by atoms with E-state index in [4.69, 9.17) is 51.2 Å². The first-order valence-electron chi connectivity index (χ1n) is 17.9. The number of hydrogen-bond acceptors (Lipinski definition) is 14. The Hall–Kier alpha value is -2.98. The molecular weight excluding hydrogens is 694 g/mol. The molecular formula is C36H50ClN7O8. The summed E-state index contributed by atoms with van der Waals surface area (Å²) < 4.78 is 42.0. The van der Waals surface area contributed by atoms with E-state index in [0.717, 1.165) is 44.8 Å². The quantitative estimate of drug-likeness (QED) is 0.0992. The number of hydrogen-bond donors (Lipinski definition) is 2. The minimum atomic E-state index is -0.818. The maximum atomic E-state index is 10.00. The first kappa shape index (κ1) is 38.7. The Morgan fingerprint density at radius 1 is 0.942 bits per heavy atom. The normalized spacial score (nSPS) is 23.9. The van der Waals surface area contributed by atoms with Crippen LogP contribution in [0.25, 0.3) is 11.0 Å². The van der Waals surface area contributed by atoms with Crippen LogP contribution in [0.5, 0.6) is 0 Å². The second-order valence-corrected chi connectivity index (χ2v) is 13.7. The van der Waals surface area contributed by atoms with Crippen molar-refractivity contribution in [1.82, 2.24) is 29.5 Å². The molecule has 2 aromatic heterocycles. The zero-order valence-electron chi connectivity index (χ0n) is 29.9. The van der Waals surface area contributed by atoms with Crippen LogP contribution >= 0.6 is 11.6 Å². The van der Waals surface area contributed by atoms with E-state index in [1.807, 2.05) is 32.0 Å². The van der Waals surface area contributed by atoms with Gasteiger partial charge in [-0.1, -0.05) is 36.3 Å². The second kappa shape index (κ2) is 18.9. The molecule has 0 radical (unpaired) electrons. The standard InChI is InChI=1S/C36H50ClN7O8/c1-4-15-46-17-19-48-21-22-49-20-18-47-16-14-42-10-12-43(13-11-42)24-28(26-8-6-5-7-9-26)39-32-27-23-38-44(33(27)41-35(37)40-32)34-31-30(29(25-45)50-34)51-36(2,3)52-31/h1,5-9,23,28-31,34,45H,10-22,24-25H2,2-3H3,(H,39,40,41)/t28-,29+,30+,31+,34+/m0/s1. The lowest BCUT2D eigenvalue weighted by atomic mass is 10.1. The third kappa shape index (κ3) is 10.2. The number of benzene rings is 1. The number of piperazine rings is 1. The van der Waals surface area contributed by atoms with E-state index in [0.29, 0.717) is 69.7 Å². The van der Waals surface area contributed by atoms with Crippen molar-refractivity contribution >= 4 is 28.5 Å². The lowest BCUT2D eigenvalue weighted by Gasteiger charge is -2.36. The summed E-state index contributed by atoms with van der Waals surface area (Å²) >= 11 is 6.54. The van der Waals surface area contributed by atoms with Crippen LogP contribution in [0.15, 0.2) is 36.5 Å². The van der Waals surface area contributed by atoms with E-state index in [1.54, 1.807) is 10.9 Å². The Kier molecular flexibility index (Phi) is 14.1. The predicted octanol–water partition coefficient (Wildman–Crippen LogP) is 2.36. The molecule has 3 saturated heterocycles. The molecule has 3 aliphatic heterocycles. The summed E-state index contributed by atoms with van der Waals surface area (Å²) in [5, 5.41) is 19.1. The second-order valence-electron chi connectivity index (χ2n) is 13.3. The van der Waals surface area contributed by atoms with Gasteiger partial charge in [-0.25, -0.2) is 4.68 Å². The number of anilines is 1. The van der Waals surface area contributed by atoms with E-state index < -0.39 is 30.3 Å². The van der Waals surface area contributed by atoms with Crippen LogP contribution in [0.4, 0.5) is 5.82 Å². The molecule has 5 heterocycles. The third-order valence-corrected chi connectivity index (χ3v) is 9.41. The van der Waals surface area contributed by atoms with Crippen LogP contribution in [-0.2, 0) is 33.2 Å². The highest BCUT2D eigenvalue weighted by atomic mass is 35.5. The first-order valence-corrected chi connectivity index (χ1v) is 18.3. The minimum Gasteiger partial charge on any atom is -0.394 e. The number of fused-ring (bicyclic) bond motifs is 2. The van der Waals surface area contributed by atoms with Crippen molar-refractivity contribution in [1.29, 1.82) is 0 Å². The third-order valence-electron chi connectivity index (χ3n) is 9.24. The molecule has 0 amide bonds. The number of aromatic nitrogens is 4. The average molecular weight is 744 g/mol. The Balaban J connectivity index is 0.999. The summed E-state index contributed by atoms with van der Waals surface area (Å²) in [7, 11) is 0. The SMILES string of the molecule is C#CCOCCOCCOCCOCCN1CCN(C[C@H](Nc2nc(Cl)nc3c2cnn3[C@@H]2O[C@H](CO)[C@H]3OC(C)(C)O[C@H]32)c2ccccc2)CC1. The molecule has 15 nitrogen and oxygen atoms in total. The number of halogens is 1. The van der Waals surface area contributed by atoms with Gasteiger partial charge in [0.15, 0.2) is 17.7 Å². The van der Waals surface area contributed by atoms with Crippen molar-refractivity contribution in [2.75, 3.05) is 104 Å². The molecule has 0 bridgehead atoms. The number of rotatable bonds is 20. The summed E-state index contributed by atoms with van der Waals surface area (Å²) in [5.74, 6) is 2.18. The van der Waals surface area contributed by atoms with E-state index >= 15 is 0 Å². The Labute approximate surface area is 309 Å². The molecule has 6 rings (SSSR count). The Morgan fingerprint density at radius 3 is 2.29 bits per heavy atom. The maximum Gasteiger partial charge on any atom is 0.226 e. The molecule has 284 valence electrons. The summed E-state index contributed by atoms with van der Waals surface area (Å²) in [6.07, 6.45) is 4.70. The number of terminal acetylenes is 1. The van der Waals surface area contributed by atoms with Gasteiger partial charge in [0, 0.05) is 39.3 Å². The molecule has 3 aromatic rings. The van der Waals surface area contributed by atoms with E-state index in [2.05, 4.69) is 48.2 Å². The van der Waals surface area contributed by atoms with E-state index in [-0.39, 0.29) is 17.9 Å². The van der Waals surface area contributed by atoms with Gasteiger partial charge < -0.3 is 43.6 Å². The smallest absolute Gasteiger partial charge is 0.226 e. The molecule has 16 heteroatoms. The first-order chi connectivity index (χ1) is 25.3. The minimum absolute atomic E-state index is 0.0792. The van der Waals surface area contributed by atoms with Crippen molar-refractivity contribution in [3.63, 3.8) is 0 Å². The highest BCUT2D eigenvalue weighted by molar-refractivity contribution is 6.28. The van der Waals surface area contributed by atoms with Crippen LogP contribution in [0.2, 0.25) is 5.28 Å². The van der Waals surface area contributed by atoms with Crippen molar-refractivity contribution in [3.05, 3.63) is 47.4 Å². The topological polar surface area (TPSA) is 147 Å². The summed E-state index contributed by atoms with van der Waals surface area (Å²) in [6, 6.07) is 10.2. The van der Waals surface area contributed by atoms with Crippen LogP contribution < -0.4 is 5.32 Å². The van der Waals surface area contributed by atoms with Crippen LogP contribution in [0.3, 0.4) is 0 Å². The zero-order chi connectivity index (χ0) is 36.3. The van der Waals surface area contributed by atoms with Crippen LogP contribution in [0.1, 0.15) is 31.7 Å². The van der Waals surface area contributed by atoms with Crippen LogP contribution in [0, 0.1) is 12.3 Å². The van der Waals surface area contributed by atoms with Crippen molar-refractivity contribution in [2.24, 2.45) is 0 Å². The molecule has 3 aliphatic rings. The highest BCUT2D eigenvalue weighted by Crippen LogP contribution is 2.43. The molecule has 0 spiro atoms. The maximum absolute atomic E-state index is 10.00. The van der Waals surface area contributed by atoms with Gasteiger partial charge in [-0.15, -0.1) is 6.42 Å². The fourth-order valence-corrected chi connectivity index (χ4v) is 6.89. The fourth-order valence-electron chi connectivity index (χ4n) is 6.72. The fraction of sp³-hybridized carbons (Fsp3) is 0.639. The van der Waals surface area contributed by atoms with Crippen molar-refractivity contribution < 1.29 is 38.3 Å². The molecule has 0 saturated carbocycles. The summed E-state index contributed by atoms with van der Waals surface area (Å²) in [4.78, 5) is 14.0. The molecule has 0 aliphatic carbocycles. The number of aliphatic hydroxyl groups excluding tert-OH is 1. The largest absolute Gasteiger partial charge is 0.394 e. The lowest BCUT2D eigenvalue weighted by Crippen LogP contribution is -2.48. The number of nitrogens with one attached hydrogen (secondary N) is 1. The van der Waals surface area contributed by atoms with Gasteiger partial charge in [0.1, 0.15) is 30.7 Å². The monoisotopic (exact) mass is 743 g/mol. The van der Waals surface area contributed by atoms with Crippen molar-refractivity contribution in [3.8, 4) is 12.3 Å². The Morgan fingerprint density at radius 2 is 1.60 bits per heavy atom. The van der Waals surface area contributed by atoms with Gasteiger partial charge >= 0.3 is 0 Å². The van der Waals surface area contributed by atoms with E-state index in [1.165, 1.54) is 0 Å². The highest BCUT2D eigenvalue weighted by Gasteiger charge is 2.56. The van der Waals surface area contributed by atoms with Crippen LogP contribution in [-0.4, -0.2) is 157 Å². The van der Waals surface area contributed by atoms with Gasteiger partial charge in [-0.05, 0) is 31.0 Å². The summed E-state index contributed by atoms with van der Waals surface area (Å²) in [6.45, 7) is 12.9. The number of nitrogens with zero attached hydrogens (tertiary/aromatic N) is 6. The van der Waals surface area contributed by atoms with Gasteiger partial charge in [-0.2, -0.15) is 15.1 Å². The van der Waals surface area contributed by atoms with Gasteiger partial charge in [0.05, 0.1) is 70.5 Å². The molecule has 3 fully saturated rings. The van der Waals surface area contributed by atoms with Crippen molar-refractivity contribution in [2.45, 2.75) is 50.2 Å². The Bertz CT molecular complexity index is 1590. The number of ether oxygens (including phenoxy) is 7.